The van der Waals surface area contributed by atoms with Gasteiger partial charge in [0.2, 0.25) is 0 Å². The van der Waals surface area contributed by atoms with E-state index in [9.17, 15) is 9.59 Å². The number of esters is 2. The number of hydrogen-bond acceptors (Lipinski definition) is 6. The highest BCUT2D eigenvalue weighted by atomic mass is 16.5. The van der Waals surface area contributed by atoms with Crippen LogP contribution in [0.1, 0.15) is 43.0 Å². The van der Waals surface area contributed by atoms with Crippen LogP contribution >= 0.6 is 0 Å². The third-order valence-corrected chi connectivity index (χ3v) is 6.76. The Kier molecular flexibility index (Phi) is 7.39. The molecule has 0 atom stereocenters. The summed E-state index contributed by atoms with van der Waals surface area (Å²) < 4.78 is 20.7. The molecule has 1 aliphatic rings. The van der Waals surface area contributed by atoms with Gasteiger partial charge in [0.1, 0.15) is 11.5 Å². The third-order valence-electron chi connectivity index (χ3n) is 6.76. The van der Waals surface area contributed by atoms with Crippen molar-refractivity contribution in [3.8, 4) is 34.5 Å². The van der Waals surface area contributed by atoms with Gasteiger partial charge in [0.05, 0.1) is 39.6 Å². The molecule has 0 radical (unpaired) electrons. The Labute approximate surface area is 232 Å². The predicted octanol–water partition coefficient (Wildman–Crippen LogP) is 6.27. The van der Waals surface area contributed by atoms with Crippen LogP contribution in [0.3, 0.4) is 0 Å². The number of ether oxygens (including phenoxy) is 4. The van der Waals surface area contributed by atoms with E-state index >= 15 is 0 Å². The lowest BCUT2D eigenvalue weighted by Gasteiger charge is -2.12. The van der Waals surface area contributed by atoms with Crippen LogP contribution in [0.2, 0.25) is 0 Å². The largest absolute Gasteiger partial charge is 0.497 e. The second kappa shape index (κ2) is 11.2. The Morgan fingerprint density at radius 2 is 1.00 bits per heavy atom. The summed E-state index contributed by atoms with van der Waals surface area (Å²) >= 11 is 0. The SMILES string of the molecule is COC(=O)c1ccc2c(c1)C(=C(C#Cc1ccc(OC)cc1)c1ccc(OC)cc1)c1cc(C(=O)OC)ccc1-2. The van der Waals surface area contributed by atoms with E-state index in [2.05, 4.69) is 11.8 Å². The van der Waals surface area contributed by atoms with Crippen molar-refractivity contribution in [2.24, 2.45) is 0 Å². The zero-order valence-corrected chi connectivity index (χ0v) is 22.5. The fourth-order valence-electron chi connectivity index (χ4n) is 4.72. The molecule has 0 aromatic heterocycles. The summed E-state index contributed by atoms with van der Waals surface area (Å²) in [5.41, 5.74) is 7.48. The first-order valence-corrected chi connectivity index (χ1v) is 12.5. The van der Waals surface area contributed by atoms with Crippen LogP contribution in [0, 0.1) is 11.8 Å². The molecule has 1 aliphatic carbocycles. The van der Waals surface area contributed by atoms with Gasteiger partial charge in [-0.2, -0.15) is 0 Å². The van der Waals surface area contributed by atoms with Crippen molar-refractivity contribution >= 4 is 23.1 Å². The van der Waals surface area contributed by atoms with E-state index < -0.39 is 11.9 Å². The molecule has 0 saturated heterocycles. The van der Waals surface area contributed by atoms with Crippen LogP contribution in [-0.4, -0.2) is 40.4 Å². The number of rotatable bonds is 5. The topological polar surface area (TPSA) is 71.1 Å². The quantitative estimate of drug-likeness (QED) is 0.197. The van der Waals surface area contributed by atoms with Crippen molar-refractivity contribution < 1.29 is 28.5 Å². The van der Waals surface area contributed by atoms with Gasteiger partial charge in [-0.05, 0) is 88.5 Å². The fourth-order valence-corrected chi connectivity index (χ4v) is 4.72. The molecule has 0 unspecified atom stereocenters. The Balaban J connectivity index is 1.82. The lowest BCUT2D eigenvalue weighted by molar-refractivity contribution is 0.0592. The number of carbonyl (C=O) groups excluding carboxylic acids is 2. The Morgan fingerprint density at radius 3 is 1.45 bits per heavy atom. The molecule has 0 aliphatic heterocycles. The summed E-state index contributed by atoms with van der Waals surface area (Å²) in [4.78, 5) is 25.0. The molecular weight excluding hydrogens is 504 g/mol. The highest BCUT2D eigenvalue weighted by Crippen LogP contribution is 2.48. The average molecular weight is 531 g/mol. The molecule has 40 heavy (non-hydrogen) atoms. The standard InChI is InChI=1S/C34H26O6/c1-37-25-12-5-21(6-13-25)7-16-27(22-8-14-26(38-2)15-9-22)32-30-19-23(33(35)39-3)10-17-28(30)29-18-11-24(20-31(29)32)34(36)40-4/h5-6,8-15,17-20H,1-4H3. The van der Waals surface area contributed by atoms with E-state index in [1.807, 2.05) is 72.8 Å². The number of fused-ring (bicyclic) bond motifs is 3. The van der Waals surface area contributed by atoms with Gasteiger partial charge in [-0.1, -0.05) is 36.1 Å². The first kappa shape index (κ1) is 26.3. The lowest BCUT2D eigenvalue weighted by atomic mass is 9.92. The molecule has 0 fully saturated rings. The van der Waals surface area contributed by atoms with Crippen molar-refractivity contribution in [1.82, 2.24) is 0 Å². The molecule has 198 valence electrons. The number of methoxy groups -OCH3 is 4. The maximum Gasteiger partial charge on any atom is 0.337 e. The first-order valence-electron chi connectivity index (χ1n) is 12.5. The van der Waals surface area contributed by atoms with Crippen LogP contribution in [0.25, 0.3) is 22.3 Å². The van der Waals surface area contributed by atoms with Crippen LogP contribution < -0.4 is 9.47 Å². The van der Waals surface area contributed by atoms with Crippen molar-refractivity contribution in [2.75, 3.05) is 28.4 Å². The second-order valence-electron chi connectivity index (χ2n) is 8.96. The third kappa shape index (κ3) is 4.93. The van der Waals surface area contributed by atoms with Gasteiger partial charge in [0, 0.05) is 16.7 Å². The molecule has 0 spiro atoms. The zero-order valence-electron chi connectivity index (χ0n) is 22.5. The molecular formula is C34H26O6. The monoisotopic (exact) mass is 530 g/mol. The Hall–Kier alpha value is -5.28. The van der Waals surface area contributed by atoms with Crippen LogP contribution in [0.15, 0.2) is 84.9 Å². The Bertz CT molecular complexity index is 1630. The molecule has 6 heteroatoms. The van der Waals surface area contributed by atoms with Gasteiger partial charge in [0.15, 0.2) is 0 Å². The molecule has 0 bridgehead atoms. The van der Waals surface area contributed by atoms with E-state index in [0.717, 1.165) is 50.3 Å². The molecule has 0 heterocycles. The van der Waals surface area contributed by atoms with Gasteiger partial charge in [-0.15, -0.1) is 0 Å². The van der Waals surface area contributed by atoms with Crippen molar-refractivity contribution in [2.45, 2.75) is 0 Å². The maximum atomic E-state index is 12.5. The van der Waals surface area contributed by atoms with E-state index in [1.54, 1.807) is 26.4 Å². The predicted molar refractivity (Wildman–Crippen MR) is 153 cm³/mol. The Morgan fingerprint density at radius 1 is 0.550 bits per heavy atom. The van der Waals surface area contributed by atoms with Gasteiger partial charge in [-0.3, -0.25) is 0 Å². The van der Waals surface area contributed by atoms with E-state index in [0.29, 0.717) is 16.9 Å². The summed E-state index contributed by atoms with van der Waals surface area (Å²) in [7, 11) is 5.94. The second-order valence-corrected chi connectivity index (χ2v) is 8.96. The molecule has 5 rings (SSSR count). The van der Waals surface area contributed by atoms with E-state index in [1.165, 1.54) is 14.2 Å². The lowest BCUT2D eigenvalue weighted by Crippen LogP contribution is -2.02. The number of hydrogen-bond donors (Lipinski definition) is 0. The normalized spacial score (nSPS) is 10.9. The smallest absolute Gasteiger partial charge is 0.337 e. The van der Waals surface area contributed by atoms with Gasteiger partial charge < -0.3 is 18.9 Å². The zero-order chi connectivity index (χ0) is 28.2. The summed E-state index contributed by atoms with van der Waals surface area (Å²) in [5.74, 6) is 7.24. The number of carbonyl (C=O) groups is 2. The summed E-state index contributed by atoms with van der Waals surface area (Å²) in [5, 5.41) is 0. The molecule has 0 N–H and O–H groups in total. The van der Waals surface area contributed by atoms with Crippen LogP contribution in [0.5, 0.6) is 11.5 Å². The molecule has 0 amide bonds. The van der Waals surface area contributed by atoms with E-state index in [4.69, 9.17) is 18.9 Å². The molecule has 4 aromatic carbocycles. The first-order chi connectivity index (χ1) is 19.5. The van der Waals surface area contributed by atoms with Crippen LogP contribution in [-0.2, 0) is 9.47 Å². The van der Waals surface area contributed by atoms with Crippen LogP contribution in [0.4, 0.5) is 0 Å². The highest BCUT2D eigenvalue weighted by molar-refractivity contribution is 6.15. The van der Waals surface area contributed by atoms with Gasteiger partial charge in [0.25, 0.3) is 0 Å². The minimum absolute atomic E-state index is 0.414. The number of benzene rings is 4. The number of allylic oxidation sites excluding steroid dienone is 1. The summed E-state index contributed by atoms with van der Waals surface area (Å²) in [6, 6.07) is 26.0. The highest BCUT2D eigenvalue weighted by Gasteiger charge is 2.29. The fraction of sp³-hybridized carbons (Fsp3) is 0.118. The minimum atomic E-state index is -0.441. The van der Waals surface area contributed by atoms with Crippen molar-refractivity contribution in [3.05, 3.63) is 118 Å². The molecule has 0 saturated carbocycles. The summed E-state index contributed by atoms with van der Waals surface area (Å²) in [6.07, 6.45) is 0. The minimum Gasteiger partial charge on any atom is -0.497 e. The maximum absolute atomic E-state index is 12.5. The van der Waals surface area contributed by atoms with Crippen molar-refractivity contribution in [3.63, 3.8) is 0 Å². The average Bonchev–Trinajstić information content (AvgIpc) is 3.33. The van der Waals surface area contributed by atoms with Gasteiger partial charge >= 0.3 is 11.9 Å². The van der Waals surface area contributed by atoms with Crippen molar-refractivity contribution in [1.29, 1.82) is 0 Å². The molecule has 4 aromatic rings. The molecule has 6 nitrogen and oxygen atoms in total. The summed E-state index contributed by atoms with van der Waals surface area (Å²) in [6.45, 7) is 0. The van der Waals surface area contributed by atoms with E-state index in [-0.39, 0.29) is 0 Å². The van der Waals surface area contributed by atoms with Gasteiger partial charge in [-0.25, -0.2) is 9.59 Å².